The molecule has 0 spiro atoms. The van der Waals surface area contributed by atoms with E-state index in [0.717, 1.165) is 15.5 Å². The maximum absolute atomic E-state index is 11.4. The van der Waals surface area contributed by atoms with Gasteiger partial charge in [-0.2, -0.15) is 0 Å². The summed E-state index contributed by atoms with van der Waals surface area (Å²) in [5.41, 5.74) is 0.562. The summed E-state index contributed by atoms with van der Waals surface area (Å²) in [6, 6.07) is 1.75. The highest BCUT2D eigenvalue weighted by molar-refractivity contribution is 9.13. The summed E-state index contributed by atoms with van der Waals surface area (Å²) in [6.07, 6.45) is 0.939. The number of nitrogens with one attached hydrogen (secondary N) is 2. The summed E-state index contributed by atoms with van der Waals surface area (Å²) >= 11 is 6.56. The Bertz CT molecular complexity index is 290. The zero-order chi connectivity index (χ0) is 9.84. The molecule has 0 bridgehead atoms. The van der Waals surface area contributed by atoms with E-state index in [1.807, 2.05) is 6.92 Å². The highest BCUT2D eigenvalue weighted by atomic mass is 79.9. The fraction of sp³-hybridized carbons (Fsp3) is 0.375. The van der Waals surface area contributed by atoms with Crippen LogP contribution in [0.2, 0.25) is 0 Å². The van der Waals surface area contributed by atoms with Gasteiger partial charge in [0.2, 0.25) is 0 Å². The van der Waals surface area contributed by atoms with E-state index in [9.17, 15) is 4.79 Å². The first-order chi connectivity index (χ1) is 6.15. The number of amides is 1. The van der Waals surface area contributed by atoms with E-state index in [1.165, 1.54) is 0 Å². The molecule has 1 aromatic rings. The molecule has 1 amide bonds. The molecule has 0 radical (unpaired) electrons. The Morgan fingerprint density at radius 3 is 2.77 bits per heavy atom. The number of hydrogen-bond acceptors (Lipinski definition) is 1. The number of halogens is 2. The first-order valence-electron chi connectivity index (χ1n) is 3.97. The van der Waals surface area contributed by atoms with E-state index in [-0.39, 0.29) is 5.91 Å². The Balaban J connectivity index is 2.66. The van der Waals surface area contributed by atoms with E-state index in [2.05, 4.69) is 42.2 Å². The second kappa shape index (κ2) is 4.81. The van der Waals surface area contributed by atoms with Gasteiger partial charge in [0, 0.05) is 6.54 Å². The topological polar surface area (TPSA) is 44.9 Å². The molecule has 0 atom stereocenters. The third-order valence-corrected chi connectivity index (χ3v) is 3.29. The minimum Gasteiger partial charge on any atom is -0.351 e. The maximum Gasteiger partial charge on any atom is 0.267 e. The maximum atomic E-state index is 11.4. The standard InChI is InChI=1S/C8H10Br2N2O/c1-2-3-11-8(13)6-4-5(9)7(10)12-6/h4,12H,2-3H2,1H3,(H,11,13). The molecule has 0 aliphatic carbocycles. The van der Waals surface area contributed by atoms with E-state index in [4.69, 9.17) is 0 Å². The number of H-pyrrole nitrogens is 1. The SMILES string of the molecule is CCCNC(=O)c1cc(Br)c(Br)[nH]1. The second-order valence-electron chi connectivity index (χ2n) is 2.60. The second-order valence-corrected chi connectivity index (χ2v) is 4.25. The fourth-order valence-electron chi connectivity index (χ4n) is 0.860. The quantitative estimate of drug-likeness (QED) is 0.886. The van der Waals surface area contributed by atoms with Gasteiger partial charge in [0.05, 0.1) is 9.08 Å². The smallest absolute Gasteiger partial charge is 0.267 e. The highest BCUT2D eigenvalue weighted by Gasteiger charge is 2.09. The first kappa shape index (κ1) is 10.8. The summed E-state index contributed by atoms with van der Waals surface area (Å²) in [5, 5.41) is 2.78. The van der Waals surface area contributed by atoms with Gasteiger partial charge in [0.25, 0.3) is 5.91 Å². The van der Waals surface area contributed by atoms with Gasteiger partial charge in [-0.15, -0.1) is 0 Å². The Morgan fingerprint density at radius 1 is 1.62 bits per heavy atom. The van der Waals surface area contributed by atoms with Crippen molar-refractivity contribution in [3.8, 4) is 0 Å². The molecule has 0 aliphatic heterocycles. The first-order valence-corrected chi connectivity index (χ1v) is 5.56. The molecule has 0 unspecified atom stereocenters. The van der Waals surface area contributed by atoms with E-state index in [0.29, 0.717) is 12.2 Å². The number of rotatable bonds is 3. The molecular weight excluding hydrogens is 300 g/mol. The van der Waals surface area contributed by atoms with Crippen molar-refractivity contribution in [1.82, 2.24) is 10.3 Å². The lowest BCUT2D eigenvalue weighted by molar-refractivity contribution is 0.0949. The van der Waals surface area contributed by atoms with Crippen molar-refractivity contribution in [1.29, 1.82) is 0 Å². The van der Waals surface area contributed by atoms with Gasteiger partial charge in [-0.3, -0.25) is 4.79 Å². The Morgan fingerprint density at radius 2 is 2.31 bits per heavy atom. The molecule has 1 rings (SSSR count). The van der Waals surface area contributed by atoms with Crippen LogP contribution in [0, 0.1) is 0 Å². The summed E-state index contributed by atoms with van der Waals surface area (Å²) in [6.45, 7) is 2.72. The van der Waals surface area contributed by atoms with Crippen molar-refractivity contribution in [3.05, 3.63) is 20.8 Å². The van der Waals surface area contributed by atoms with E-state index < -0.39 is 0 Å². The number of carbonyl (C=O) groups excluding carboxylic acids is 1. The van der Waals surface area contributed by atoms with Crippen molar-refractivity contribution in [2.45, 2.75) is 13.3 Å². The van der Waals surface area contributed by atoms with Crippen LogP contribution in [0.4, 0.5) is 0 Å². The minimum atomic E-state index is -0.0757. The van der Waals surface area contributed by atoms with Crippen LogP contribution in [0.25, 0.3) is 0 Å². The highest BCUT2D eigenvalue weighted by Crippen LogP contribution is 2.22. The number of aromatic amines is 1. The molecule has 0 aliphatic rings. The summed E-state index contributed by atoms with van der Waals surface area (Å²) in [4.78, 5) is 14.3. The summed E-state index contributed by atoms with van der Waals surface area (Å²) in [5.74, 6) is -0.0757. The van der Waals surface area contributed by atoms with Crippen molar-refractivity contribution < 1.29 is 4.79 Å². The number of hydrogen-bond donors (Lipinski definition) is 2. The zero-order valence-corrected chi connectivity index (χ0v) is 10.3. The third kappa shape index (κ3) is 2.84. The van der Waals surface area contributed by atoms with Gasteiger partial charge in [0.1, 0.15) is 5.69 Å². The van der Waals surface area contributed by atoms with Crippen LogP contribution >= 0.6 is 31.9 Å². The molecule has 1 aromatic heterocycles. The van der Waals surface area contributed by atoms with Crippen LogP contribution in [0.3, 0.4) is 0 Å². The van der Waals surface area contributed by atoms with Crippen LogP contribution in [0.5, 0.6) is 0 Å². The Hall–Kier alpha value is -0.290. The van der Waals surface area contributed by atoms with Crippen molar-refractivity contribution >= 4 is 37.8 Å². The van der Waals surface area contributed by atoms with E-state index >= 15 is 0 Å². The predicted molar refractivity (Wildman–Crippen MR) is 58.8 cm³/mol. The lowest BCUT2D eigenvalue weighted by Gasteiger charge is -1.99. The molecule has 0 fully saturated rings. The normalized spacial score (nSPS) is 10.1. The van der Waals surface area contributed by atoms with Crippen LogP contribution < -0.4 is 5.32 Å². The van der Waals surface area contributed by atoms with Crippen LogP contribution in [-0.2, 0) is 0 Å². The molecular formula is C8H10Br2N2O. The summed E-state index contributed by atoms with van der Waals surface area (Å²) < 4.78 is 1.64. The fourth-order valence-corrected chi connectivity index (χ4v) is 1.52. The molecule has 1 heterocycles. The molecule has 2 N–H and O–H groups in total. The summed E-state index contributed by atoms with van der Waals surface area (Å²) in [7, 11) is 0. The molecule has 5 heteroatoms. The minimum absolute atomic E-state index is 0.0757. The molecule has 0 aromatic carbocycles. The molecule has 0 saturated heterocycles. The Labute approximate surface area is 93.5 Å². The largest absolute Gasteiger partial charge is 0.351 e. The molecule has 13 heavy (non-hydrogen) atoms. The number of aromatic nitrogens is 1. The predicted octanol–water partition coefficient (Wildman–Crippen LogP) is 2.68. The number of carbonyl (C=O) groups is 1. The van der Waals surface area contributed by atoms with Gasteiger partial charge >= 0.3 is 0 Å². The molecule has 72 valence electrons. The van der Waals surface area contributed by atoms with E-state index in [1.54, 1.807) is 6.07 Å². The van der Waals surface area contributed by atoms with Gasteiger partial charge in [-0.25, -0.2) is 0 Å². The van der Waals surface area contributed by atoms with Crippen LogP contribution in [-0.4, -0.2) is 17.4 Å². The Kier molecular flexibility index (Phi) is 3.99. The van der Waals surface area contributed by atoms with Gasteiger partial charge < -0.3 is 10.3 Å². The van der Waals surface area contributed by atoms with Crippen molar-refractivity contribution in [3.63, 3.8) is 0 Å². The zero-order valence-electron chi connectivity index (χ0n) is 7.16. The average Bonchev–Trinajstić information content (AvgIpc) is 2.43. The average molecular weight is 310 g/mol. The monoisotopic (exact) mass is 308 g/mol. The third-order valence-electron chi connectivity index (χ3n) is 1.51. The van der Waals surface area contributed by atoms with Gasteiger partial charge in [-0.1, -0.05) is 6.92 Å². The molecule has 0 saturated carbocycles. The van der Waals surface area contributed by atoms with Crippen LogP contribution in [0.15, 0.2) is 15.1 Å². The van der Waals surface area contributed by atoms with Gasteiger partial charge in [-0.05, 0) is 44.3 Å². The van der Waals surface area contributed by atoms with Gasteiger partial charge in [0.15, 0.2) is 0 Å². The lowest BCUT2D eigenvalue weighted by Crippen LogP contribution is -2.24. The molecule has 3 nitrogen and oxygen atoms in total. The van der Waals surface area contributed by atoms with Crippen molar-refractivity contribution in [2.24, 2.45) is 0 Å². The van der Waals surface area contributed by atoms with Crippen molar-refractivity contribution in [2.75, 3.05) is 6.54 Å². The lowest BCUT2D eigenvalue weighted by atomic mass is 10.4. The van der Waals surface area contributed by atoms with Crippen LogP contribution in [0.1, 0.15) is 23.8 Å².